The number of hydrogen-bond donors (Lipinski definition) is 0. The van der Waals surface area contributed by atoms with Crippen LogP contribution in [-0.2, 0) is 11.2 Å². The number of ether oxygens (including phenoxy) is 1. The Labute approximate surface area is 136 Å². The first-order valence-electron chi connectivity index (χ1n) is 8.10. The molecule has 0 radical (unpaired) electrons. The van der Waals surface area contributed by atoms with Gasteiger partial charge in [-0.3, -0.25) is 4.79 Å². The van der Waals surface area contributed by atoms with E-state index in [9.17, 15) is 4.79 Å². The van der Waals surface area contributed by atoms with Crippen molar-refractivity contribution in [2.75, 3.05) is 19.7 Å². The van der Waals surface area contributed by atoms with Gasteiger partial charge >= 0.3 is 0 Å². The summed E-state index contributed by atoms with van der Waals surface area (Å²) in [5, 5.41) is 4.18. The minimum Gasteiger partial charge on any atom is -0.484 e. The average molecular weight is 314 g/mol. The van der Waals surface area contributed by atoms with Crippen molar-refractivity contribution in [1.82, 2.24) is 19.7 Å². The van der Waals surface area contributed by atoms with Gasteiger partial charge in [0.05, 0.1) is 6.04 Å². The monoisotopic (exact) mass is 314 g/mol. The van der Waals surface area contributed by atoms with Crippen LogP contribution in [0.3, 0.4) is 0 Å². The first-order chi connectivity index (χ1) is 11.3. The minimum absolute atomic E-state index is 0.0247. The third-order valence-corrected chi connectivity index (χ3v) is 4.23. The molecule has 1 amide bonds. The summed E-state index contributed by atoms with van der Waals surface area (Å²) in [7, 11) is 0. The number of carbonyl (C=O) groups excluding carboxylic acids is 1. The molecule has 1 atom stereocenters. The van der Waals surface area contributed by atoms with Crippen molar-refractivity contribution in [3.05, 3.63) is 42.5 Å². The van der Waals surface area contributed by atoms with Crippen LogP contribution in [0.5, 0.6) is 5.75 Å². The van der Waals surface area contributed by atoms with Crippen molar-refractivity contribution >= 4 is 5.91 Å². The molecule has 122 valence electrons. The predicted octanol–water partition coefficient (Wildman–Crippen LogP) is 2.08. The van der Waals surface area contributed by atoms with E-state index in [1.807, 2.05) is 27.8 Å². The van der Waals surface area contributed by atoms with Crippen molar-refractivity contribution in [1.29, 1.82) is 0 Å². The van der Waals surface area contributed by atoms with E-state index in [4.69, 9.17) is 4.74 Å². The molecule has 1 aliphatic heterocycles. The van der Waals surface area contributed by atoms with E-state index >= 15 is 0 Å². The normalized spacial score (nSPS) is 18.0. The van der Waals surface area contributed by atoms with Crippen LogP contribution in [0.25, 0.3) is 0 Å². The summed E-state index contributed by atoms with van der Waals surface area (Å²) in [5.74, 6) is 0.777. The van der Waals surface area contributed by atoms with E-state index in [-0.39, 0.29) is 18.6 Å². The van der Waals surface area contributed by atoms with Gasteiger partial charge in [-0.15, -0.1) is 0 Å². The zero-order valence-corrected chi connectivity index (χ0v) is 13.4. The molecule has 0 aliphatic carbocycles. The van der Waals surface area contributed by atoms with Gasteiger partial charge in [-0.05, 0) is 37.0 Å². The quantitative estimate of drug-likeness (QED) is 0.848. The maximum absolute atomic E-state index is 12.4. The van der Waals surface area contributed by atoms with Crippen LogP contribution in [0.1, 0.15) is 31.4 Å². The Morgan fingerprint density at radius 1 is 1.43 bits per heavy atom. The van der Waals surface area contributed by atoms with Gasteiger partial charge in [0.2, 0.25) is 0 Å². The lowest BCUT2D eigenvalue weighted by Crippen LogP contribution is -2.43. The molecule has 1 aliphatic rings. The number of aryl methyl sites for hydroxylation is 1. The third kappa shape index (κ3) is 3.88. The molecule has 2 heterocycles. The lowest BCUT2D eigenvalue weighted by atomic mass is 10.1. The van der Waals surface area contributed by atoms with Gasteiger partial charge in [0.1, 0.15) is 18.4 Å². The van der Waals surface area contributed by atoms with Gasteiger partial charge in [0, 0.05) is 13.1 Å². The van der Waals surface area contributed by atoms with Gasteiger partial charge < -0.3 is 9.64 Å². The molecule has 0 N–H and O–H groups in total. The Hall–Kier alpha value is -2.37. The standard InChI is InChI=1S/C17H22N4O2/c1-2-14-5-3-7-16(9-14)23-11-17(22)20-8-4-6-15(10-20)21-13-18-12-19-21/h3,5,7,9,12-13,15H,2,4,6,8,10-11H2,1H3/t15-/m0/s1. The number of amides is 1. The third-order valence-electron chi connectivity index (χ3n) is 4.23. The van der Waals surface area contributed by atoms with Crippen LogP contribution in [0.15, 0.2) is 36.9 Å². The fraction of sp³-hybridized carbons (Fsp3) is 0.471. The molecule has 0 spiro atoms. The number of rotatable bonds is 5. The van der Waals surface area contributed by atoms with Gasteiger partial charge in [0.25, 0.3) is 5.91 Å². The molecule has 6 nitrogen and oxygen atoms in total. The van der Waals surface area contributed by atoms with E-state index in [1.54, 1.807) is 6.33 Å². The van der Waals surface area contributed by atoms with Crippen LogP contribution in [0.4, 0.5) is 0 Å². The van der Waals surface area contributed by atoms with Crippen LogP contribution in [-0.4, -0.2) is 45.3 Å². The Bertz CT molecular complexity index is 642. The molecule has 1 fully saturated rings. The average Bonchev–Trinajstić information content (AvgIpc) is 3.14. The van der Waals surface area contributed by atoms with Gasteiger partial charge in [0.15, 0.2) is 6.61 Å². The lowest BCUT2D eigenvalue weighted by Gasteiger charge is -2.32. The predicted molar refractivity (Wildman–Crippen MR) is 86.2 cm³/mol. The second kappa shape index (κ2) is 7.26. The van der Waals surface area contributed by atoms with Crippen molar-refractivity contribution in [3.8, 4) is 5.75 Å². The summed E-state index contributed by atoms with van der Waals surface area (Å²) in [5.41, 5.74) is 1.21. The molecule has 1 saturated heterocycles. The number of benzene rings is 1. The van der Waals surface area contributed by atoms with Crippen LogP contribution >= 0.6 is 0 Å². The summed E-state index contributed by atoms with van der Waals surface area (Å²) in [6.45, 7) is 3.63. The number of likely N-dealkylation sites (tertiary alicyclic amines) is 1. The summed E-state index contributed by atoms with van der Waals surface area (Å²) in [4.78, 5) is 18.2. The maximum atomic E-state index is 12.4. The molecular weight excluding hydrogens is 292 g/mol. The molecule has 1 aromatic carbocycles. The van der Waals surface area contributed by atoms with E-state index in [0.29, 0.717) is 6.54 Å². The minimum atomic E-state index is 0.0247. The number of aromatic nitrogens is 3. The van der Waals surface area contributed by atoms with Crippen molar-refractivity contribution in [2.24, 2.45) is 0 Å². The molecule has 3 rings (SSSR count). The van der Waals surface area contributed by atoms with Crippen molar-refractivity contribution in [3.63, 3.8) is 0 Å². The Morgan fingerprint density at radius 2 is 2.35 bits per heavy atom. The highest BCUT2D eigenvalue weighted by Gasteiger charge is 2.25. The highest BCUT2D eigenvalue weighted by Crippen LogP contribution is 2.20. The molecule has 1 aromatic heterocycles. The Balaban J connectivity index is 1.55. The second-order valence-electron chi connectivity index (χ2n) is 5.80. The van der Waals surface area contributed by atoms with Crippen molar-refractivity contribution in [2.45, 2.75) is 32.2 Å². The molecule has 0 bridgehead atoms. The molecule has 23 heavy (non-hydrogen) atoms. The Kier molecular flexibility index (Phi) is 4.90. The summed E-state index contributed by atoms with van der Waals surface area (Å²) < 4.78 is 7.50. The number of hydrogen-bond acceptors (Lipinski definition) is 4. The highest BCUT2D eigenvalue weighted by molar-refractivity contribution is 5.77. The lowest BCUT2D eigenvalue weighted by molar-refractivity contribution is -0.135. The fourth-order valence-corrected chi connectivity index (χ4v) is 2.89. The second-order valence-corrected chi connectivity index (χ2v) is 5.80. The van der Waals surface area contributed by atoms with Gasteiger partial charge in [-0.1, -0.05) is 19.1 Å². The number of carbonyl (C=O) groups is 1. The van der Waals surface area contributed by atoms with E-state index in [2.05, 4.69) is 23.1 Å². The van der Waals surface area contributed by atoms with Crippen LogP contribution in [0, 0.1) is 0 Å². The largest absolute Gasteiger partial charge is 0.484 e. The molecule has 2 aromatic rings. The number of piperidine rings is 1. The number of nitrogens with zero attached hydrogens (tertiary/aromatic N) is 4. The molecule has 0 saturated carbocycles. The van der Waals surface area contributed by atoms with Crippen LogP contribution < -0.4 is 4.74 Å². The van der Waals surface area contributed by atoms with Gasteiger partial charge in [-0.2, -0.15) is 5.10 Å². The van der Waals surface area contributed by atoms with Gasteiger partial charge in [-0.25, -0.2) is 9.67 Å². The first-order valence-corrected chi connectivity index (χ1v) is 8.10. The molecule has 6 heteroatoms. The SMILES string of the molecule is CCc1cccc(OCC(=O)N2CCC[C@H](n3cncn3)C2)c1. The maximum Gasteiger partial charge on any atom is 0.260 e. The molecule has 0 unspecified atom stereocenters. The smallest absolute Gasteiger partial charge is 0.260 e. The zero-order chi connectivity index (χ0) is 16.1. The summed E-state index contributed by atoms with van der Waals surface area (Å²) in [6.07, 6.45) is 6.20. The first kappa shape index (κ1) is 15.5. The van der Waals surface area contributed by atoms with Crippen molar-refractivity contribution < 1.29 is 9.53 Å². The summed E-state index contributed by atoms with van der Waals surface area (Å²) >= 11 is 0. The zero-order valence-electron chi connectivity index (χ0n) is 13.4. The van der Waals surface area contributed by atoms with E-state index in [1.165, 1.54) is 11.9 Å². The summed E-state index contributed by atoms with van der Waals surface area (Å²) in [6, 6.07) is 8.10. The Morgan fingerprint density at radius 3 is 3.13 bits per heavy atom. The van der Waals surface area contributed by atoms with Crippen LogP contribution in [0.2, 0.25) is 0 Å². The van der Waals surface area contributed by atoms with E-state index in [0.717, 1.165) is 31.6 Å². The van der Waals surface area contributed by atoms with E-state index < -0.39 is 0 Å². The highest BCUT2D eigenvalue weighted by atomic mass is 16.5. The topological polar surface area (TPSA) is 60.2 Å². The fourth-order valence-electron chi connectivity index (χ4n) is 2.89. The molecular formula is C17H22N4O2.